The molecular weight excluding hydrogens is 270 g/mol. The summed E-state index contributed by atoms with van der Waals surface area (Å²) in [5.74, 6) is 1.85. The SMILES string of the molecule is CC(=O)N1CCN(c2ccnc(N3CCOCC3)n2)CC1. The van der Waals surface area contributed by atoms with Crippen LogP contribution >= 0.6 is 0 Å². The molecule has 2 saturated heterocycles. The second-order valence-electron chi connectivity index (χ2n) is 5.31. The lowest BCUT2D eigenvalue weighted by Gasteiger charge is -2.35. The predicted molar refractivity (Wildman–Crippen MR) is 79.5 cm³/mol. The molecule has 21 heavy (non-hydrogen) atoms. The summed E-state index contributed by atoms with van der Waals surface area (Å²) in [7, 11) is 0. The van der Waals surface area contributed by atoms with Gasteiger partial charge in [0.05, 0.1) is 13.2 Å². The molecule has 3 heterocycles. The summed E-state index contributed by atoms with van der Waals surface area (Å²) < 4.78 is 5.36. The van der Waals surface area contributed by atoms with Crippen LogP contribution in [0.4, 0.5) is 11.8 Å². The minimum Gasteiger partial charge on any atom is -0.378 e. The number of carbonyl (C=O) groups is 1. The summed E-state index contributed by atoms with van der Waals surface area (Å²) in [5.41, 5.74) is 0. The maximum Gasteiger partial charge on any atom is 0.227 e. The molecule has 0 radical (unpaired) electrons. The predicted octanol–water partition coefficient (Wildman–Crippen LogP) is -0.0183. The van der Waals surface area contributed by atoms with E-state index in [1.807, 2.05) is 17.2 Å². The maximum atomic E-state index is 11.4. The number of piperazine rings is 1. The Labute approximate surface area is 124 Å². The van der Waals surface area contributed by atoms with Crippen molar-refractivity contribution in [3.63, 3.8) is 0 Å². The Morgan fingerprint density at radius 3 is 2.48 bits per heavy atom. The van der Waals surface area contributed by atoms with Gasteiger partial charge in [-0.25, -0.2) is 4.98 Å². The highest BCUT2D eigenvalue weighted by molar-refractivity contribution is 5.73. The fraction of sp³-hybridized carbons (Fsp3) is 0.643. The monoisotopic (exact) mass is 291 g/mol. The molecule has 2 aliphatic rings. The van der Waals surface area contributed by atoms with E-state index in [9.17, 15) is 4.79 Å². The fourth-order valence-corrected chi connectivity index (χ4v) is 2.68. The van der Waals surface area contributed by atoms with Crippen LogP contribution in [0.15, 0.2) is 12.3 Å². The van der Waals surface area contributed by atoms with E-state index in [0.29, 0.717) is 0 Å². The van der Waals surface area contributed by atoms with E-state index < -0.39 is 0 Å². The number of carbonyl (C=O) groups excluding carboxylic acids is 1. The highest BCUT2D eigenvalue weighted by Gasteiger charge is 2.21. The summed E-state index contributed by atoms with van der Waals surface area (Å²) in [6.45, 7) is 7.90. The number of aromatic nitrogens is 2. The molecule has 0 aromatic carbocycles. The van der Waals surface area contributed by atoms with Gasteiger partial charge < -0.3 is 19.4 Å². The van der Waals surface area contributed by atoms with E-state index in [-0.39, 0.29) is 5.91 Å². The molecule has 0 bridgehead atoms. The zero-order valence-corrected chi connectivity index (χ0v) is 12.4. The van der Waals surface area contributed by atoms with Gasteiger partial charge >= 0.3 is 0 Å². The van der Waals surface area contributed by atoms with Gasteiger partial charge in [0.2, 0.25) is 11.9 Å². The van der Waals surface area contributed by atoms with Crippen LogP contribution in [-0.4, -0.2) is 73.3 Å². The number of hydrogen-bond acceptors (Lipinski definition) is 6. The van der Waals surface area contributed by atoms with Crippen LogP contribution in [0.1, 0.15) is 6.92 Å². The van der Waals surface area contributed by atoms with Gasteiger partial charge in [0.25, 0.3) is 0 Å². The number of hydrogen-bond donors (Lipinski definition) is 0. The molecule has 0 aliphatic carbocycles. The first-order chi connectivity index (χ1) is 10.2. The molecule has 0 unspecified atom stereocenters. The smallest absolute Gasteiger partial charge is 0.227 e. The molecule has 0 N–H and O–H groups in total. The first kappa shape index (κ1) is 14.1. The van der Waals surface area contributed by atoms with Gasteiger partial charge in [-0.15, -0.1) is 0 Å². The van der Waals surface area contributed by atoms with E-state index >= 15 is 0 Å². The summed E-state index contributed by atoms with van der Waals surface area (Å²) in [6.07, 6.45) is 1.81. The summed E-state index contributed by atoms with van der Waals surface area (Å²) in [5, 5.41) is 0. The van der Waals surface area contributed by atoms with Crippen LogP contribution in [-0.2, 0) is 9.53 Å². The molecule has 1 aromatic heterocycles. The molecule has 114 valence electrons. The minimum atomic E-state index is 0.145. The highest BCUT2D eigenvalue weighted by atomic mass is 16.5. The van der Waals surface area contributed by atoms with Crippen molar-refractivity contribution >= 4 is 17.7 Å². The number of ether oxygens (including phenoxy) is 1. The number of morpholine rings is 1. The van der Waals surface area contributed by atoms with Crippen molar-refractivity contribution in [2.75, 3.05) is 62.3 Å². The standard InChI is InChI=1S/C14H21N5O2/c1-12(20)17-4-6-18(7-5-17)13-2-3-15-14(16-13)19-8-10-21-11-9-19/h2-3H,4-11H2,1H3. The summed E-state index contributed by atoms with van der Waals surface area (Å²) >= 11 is 0. The van der Waals surface area contributed by atoms with E-state index in [2.05, 4.69) is 19.8 Å². The first-order valence-electron chi connectivity index (χ1n) is 7.40. The third kappa shape index (κ3) is 3.24. The van der Waals surface area contributed by atoms with Crippen molar-refractivity contribution < 1.29 is 9.53 Å². The molecule has 0 atom stereocenters. The Morgan fingerprint density at radius 2 is 1.81 bits per heavy atom. The van der Waals surface area contributed by atoms with Crippen LogP contribution in [0, 0.1) is 0 Å². The van der Waals surface area contributed by atoms with Crippen LogP contribution < -0.4 is 9.80 Å². The minimum absolute atomic E-state index is 0.145. The van der Waals surface area contributed by atoms with E-state index in [1.165, 1.54) is 0 Å². The first-order valence-corrected chi connectivity index (χ1v) is 7.40. The largest absolute Gasteiger partial charge is 0.378 e. The third-order valence-electron chi connectivity index (χ3n) is 3.97. The van der Waals surface area contributed by atoms with Crippen LogP contribution in [0.5, 0.6) is 0 Å². The van der Waals surface area contributed by atoms with Gasteiger partial charge in [-0.2, -0.15) is 4.98 Å². The molecule has 3 rings (SSSR count). The number of anilines is 2. The molecule has 1 aromatic rings. The van der Waals surface area contributed by atoms with Gasteiger partial charge in [0.15, 0.2) is 0 Å². The molecule has 1 amide bonds. The molecule has 0 spiro atoms. The Bertz CT molecular complexity index is 496. The zero-order valence-electron chi connectivity index (χ0n) is 12.4. The second kappa shape index (κ2) is 6.26. The maximum absolute atomic E-state index is 11.4. The zero-order chi connectivity index (χ0) is 14.7. The van der Waals surface area contributed by atoms with Crippen molar-refractivity contribution in [1.82, 2.24) is 14.9 Å². The van der Waals surface area contributed by atoms with Crippen molar-refractivity contribution in [2.24, 2.45) is 0 Å². The van der Waals surface area contributed by atoms with Gasteiger partial charge in [-0.3, -0.25) is 4.79 Å². The van der Waals surface area contributed by atoms with Crippen molar-refractivity contribution in [3.8, 4) is 0 Å². The van der Waals surface area contributed by atoms with Crippen LogP contribution in [0.25, 0.3) is 0 Å². The lowest BCUT2D eigenvalue weighted by molar-refractivity contribution is -0.129. The molecule has 2 aliphatic heterocycles. The van der Waals surface area contributed by atoms with Crippen molar-refractivity contribution in [2.45, 2.75) is 6.92 Å². The topological polar surface area (TPSA) is 61.8 Å². The summed E-state index contributed by atoms with van der Waals surface area (Å²) in [6, 6.07) is 1.94. The average molecular weight is 291 g/mol. The van der Waals surface area contributed by atoms with E-state index in [0.717, 1.165) is 64.2 Å². The van der Waals surface area contributed by atoms with Crippen LogP contribution in [0.3, 0.4) is 0 Å². The lowest BCUT2D eigenvalue weighted by atomic mass is 10.3. The Balaban J connectivity index is 1.67. The molecular formula is C14H21N5O2. The van der Waals surface area contributed by atoms with E-state index in [1.54, 1.807) is 6.92 Å². The van der Waals surface area contributed by atoms with Crippen molar-refractivity contribution in [3.05, 3.63) is 12.3 Å². The third-order valence-corrected chi connectivity index (χ3v) is 3.97. The molecule has 7 heteroatoms. The van der Waals surface area contributed by atoms with Gasteiger partial charge in [-0.05, 0) is 6.07 Å². The quantitative estimate of drug-likeness (QED) is 0.763. The lowest BCUT2D eigenvalue weighted by Crippen LogP contribution is -2.48. The number of rotatable bonds is 2. The Morgan fingerprint density at radius 1 is 1.10 bits per heavy atom. The van der Waals surface area contributed by atoms with Gasteiger partial charge in [0, 0.05) is 52.4 Å². The van der Waals surface area contributed by atoms with Gasteiger partial charge in [-0.1, -0.05) is 0 Å². The molecule has 2 fully saturated rings. The fourth-order valence-electron chi connectivity index (χ4n) is 2.68. The van der Waals surface area contributed by atoms with Gasteiger partial charge in [0.1, 0.15) is 5.82 Å². The number of amides is 1. The Kier molecular flexibility index (Phi) is 4.19. The second-order valence-corrected chi connectivity index (χ2v) is 5.31. The molecule has 7 nitrogen and oxygen atoms in total. The van der Waals surface area contributed by atoms with Crippen molar-refractivity contribution in [1.29, 1.82) is 0 Å². The average Bonchev–Trinajstić information content (AvgIpc) is 2.56. The van der Waals surface area contributed by atoms with E-state index in [4.69, 9.17) is 4.74 Å². The molecule has 0 saturated carbocycles. The number of nitrogens with zero attached hydrogens (tertiary/aromatic N) is 5. The Hall–Kier alpha value is -1.89. The summed E-state index contributed by atoms with van der Waals surface area (Å²) in [4.78, 5) is 26.6. The highest BCUT2D eigenvalue weighted by Crippen LogP contribution is 2.17. The normalized spacial score (nSPS) is 19.8. The van der Waals surface area contributed by atoms with Crippen LogP contribution in [0.2, 0.25) is 0 Å².